The largest absolute Gasteiger partial charge is 0.379 e. The van der Waals surface area contributed by atoms with E-state index in [-0.39, 0.29) is 6.04 Å². The summed E-state index contributed by atoms with van der Waals surface area (Å²) in [6.07, 6.45) is 3.68. The van der Waals surface area contributed by atoms with Gasteiger partial charge in [0.2, 0.25) is 0 Å². The van der Waals surface area contributed by atoms with Gasteiger partial charge in [0.1, 0.15) is 0 Å². The minimum atomic E-state index is 0.168. The first-order valence-corrected chi connectivity index (χ1v) is 9.51. The molecule has 0 spiro atoms. The number of morpholine rings is 1. The van der Waals surface area contributed by atoms with Crippen molar-refractivity contribution < 1.29 is 4.74 Å². The molecule has 0 radical (unpaired) electrons. The predicted octanol–water partition coefficient (Wildman–Crippen LogP) is 3.75. The summed E-state index contributed by atoms with van der Waals surface area (Å²) in [5.74, 6) is 0. The average molecular weight is 411 g/mol. The molecule has 8 heteroatoms. The minimum Gasteiger partial charge on any atom is -0.379 e. The van der Waals surface area contributed by atoms with Crippen LogP contribution in [-0.4, -0.2) is 47.8 Å². The molecule has 0 amide bonds. The number of hydrogen-bond acceptors (Lipinski definition) is 4. The summed E-state index contributed by atoms with van der Waals surface area (Å²) >= 11 is 17.4. The number of benzene rings is 1. The first-order chi connectivity index (χ1) is 12.6. The fraction of sp³-hybridized carbons (Fsp3) is 0.333. The molecule has 0 unspecified atom stereocenters. The van der Waals surface area contributed by atoms with Gasteiger partial charge in [-0.05, 0) is 42.0 Å². The van der Waals surface area contributed by atoms with E-state index in [0.717, 1.165) is 37.6 Å². The van der Waals surface area contributed by atoms with Crippen LogP contribution in [0, 0.1) is 0 Å². The summed E-state index contributed by atoms with van der Waals surface area (Å²) in [6.45, 7) is 3.91. The van der Waals surface area contributed by atoms with Gasteiger partial charge in [-0.2, -0.15) is 0 Å². The number of halogens is 2. The van der Waals surface area contributed by atoms with Crippen molar-refractivity contribution in [3.8, 4) is 0 Å². The number of anilines is 1. The van der Waals surface area contributed by atoms with Crippen molar-refractivity contribution in [2.24, 2.45) is 0 Å². The molecular formula is C18H20Cl2N4OS. The first kappa shape index (κ1) is 19.3. The number of nitrogens with one attached hydrogen (secondary N) is 2. The maximum Gasteiger partial charge on any atom is 0.170 e. The molecule has 1 fully saturated rings. The highest BCUT2D eigenvalue weighted by molar-refractivity contribution is 7.80. The Labute approximate surface area is 168 Å². The standard InChI is InChI=1S/C18H20Cl2N4OS/c19-15-4-3-14(10-16(15)20)23-18(26)22-12-17(13-2-1-5-21-11-13)24-6-8-25-9-7-24/h1-5,10-11,17H,6-9,12H2,(H2,22,23,26)/t17-/m0/s1. The molecule has 2 aromatic rings. The van der Waals surface area contributed by atoms with Gasteiger partial charge in [-0.1, -0.05) is 29.3 Å². The molecule has 0 bridgehead atoms. The number of rotatable bonds is 5. The van der Waals surface area contributed by atoms with Crippen molar-refractivity contribution in [2.75, 3.05) is 38.2 Å². The molecule has 1 aromatic heterocycles. The lowest BCUT2D eigenvalue weighted by atomic mass is 10.1. The molecule has 26 heavy (non-hydrogen) atoms. The lowest BCUT2D eigenvalue weighted by molar-refractivity contribution is 0.0170. The van der Waals surface area contributed by atoms with Gasteiger partial charge in [0.05, 0.1) is 29.3 Å². The maximum absolute atomic E-state index is 6.05. The minimum absolute atomic E-state index is 0.168. The number of pyridine rings is 1. The molecule has 1 aliphatic rings. The van der Waals surface area contributed by atoms with Gasteiger partial charge in [0, 0.05) is 37.7 Å². The quantitative estimate of drug-likeness (QED) is 0.731. The predicted molar refractivity (Wildman–Crippen MR) is 110 cm³/mol. The van der Waals surface area contributed by atoms with Crippen LogP contribution in [0.15, 0.2) is 42.7 Å². The Hall–Kier alpha value is -1.44. The van der Waals surface area contributed by atoms with Crippen LogP contribution in [0.5, 0.6) is 0 Å². The van der Waals surface area contributed by atoms with Crippen molar-refractivity contribution in [1.29, 1.82) is 0 Å². The molecule has 5 nitrogen and oxygen atoms in total. The van der Waals surface area contributed by atoms with E-state index >= 15 is 0 Å². The van der Waals surface area contributed by atoms with E-state index in [1.807, 2.05) is 18.3 Å². The third-order valence-electron chi connectivity index (χ3n) is 4.19. The molecule has 2 N–H and O–H groups in total. The van der Waals surface area contributed by atoms with Gasteiger partial charge < -0.3 is 15.4 Å². The summed E-state index contributed by atoms with van der Waals surface area (Å²) in [5, 5.41) is 7.97. The lowest BCUT2D eigenvalue weighted by Gasteiger charge is -2.35. The van der Waals surface area contributed by atoms with Crippen molar-refractivity contribution in [3.63, 3.8) is 0 Å². The summed E-state index contributed by atoms with van der Waals surface area (Å²) < 4.78 is 5.47. The Morgan fingerprint density at radius 3 is 2.73 bits per heavy atom. The third-order valence-corrected chi connectivity index (χ3v) is 5.17. The zero-order chi connectivity index (χ0) is 18.4. The highest BCUT2D eigenvalue weighted by Crippen LogP contribution is 2.25. The van der Waals surface area contributed by atoms with Gasteiger partial charge in [0.25, 0.3) is 0 Å². The van der Waals surface area contributed by atoms with Gasteiger partial charge in [-0.15, -0.1) is 0 Å². The molecule has 0 saturated carbocycles. The molecule has 3 rings (SSSR count). The van der Waals surface area contributed by atoms with E-state index < -0.39 is 0 Å². The number of ether oxygens (including phenoxy) is 1. The molecule has 138 valence electrons. The first-order valence-electron chi connectivity index (χ1n) is 8.35. The Morgan fingerprint density at radius 1 is 1.23 bits per heavy atom. The van der Waals surface area contributed by atoms with E-state index in [1.165, 1.54) is 0 Å². The molecular weight excluding hydrogens is 391 g/mol. The van der Waals surface area contributed by atoms with E-state index in [0.29, 0.717) is 21.7 Å². The molecule has 0 aliphatic carbocycles. The zero-order valence-electron chi connectivity index (χ0n) is 14.1. The fourth-order valence-corrected chi connectivity index (χ4v) is 3.36. The SMILES string of the molecule is S=C(NC[C@@H](c1cccnc1)N1CCOCC1)Nc1ccc(Cl)c(Cl)c1. The smallest absolute Gasteiger partial charge is 0.170 e. The van der Waals surface area contributed by atoms with Crippen molar-refractivity contribution >= 4 is 46.2 Å². The molecule has 1 atom stereocenters. The highest BCUT2D eigenvalue weighted by Gasteiger charge is 2.23. The van der Waals surface area contributed by atoms with Gasteiger partial charge >= 0.3 is 0 Å². The molecule has 1 saturated heterocycles. The summed E-state index contributed by atoms with van der Waals surface area (Å²) in [5.41, 5.74) is 1.94. The lowest BCUT2D eigenvalue weighted by Crippen LogP contribution is -2.44. The second kappa shape index (κ2) is 9.48. The van der Waals surface area contributed by atoms with Gasteiger partial charge in [-0.3, -0.25) is 9.88 Å². The van der Waals surface area contributed by atoms with Crippen LogP contribution in [0.3, 0.4) is 0 Å². The Morgan fingerprint density at radius 2 is 2.04 bits per heavy atom. The number of aromatic nitrogens is 1. The van der Waals surface area contributed by atoms with Crippen LogP contribution >= 0.6 is 35.4 Å². The number of hydrogen-bond donors (Lipinski definition) is 2. The zero-order valence-corrected chi connectivity index (χ0v) is 16.4. The van der Waals surface area contributed by atoms with Crippen LogP contribution in [0.4, 0.5) is 5.69 Å². The second-order valence-electron chi connectivity index (χ2n) is 5.91. The third kappa shape index (κ3) is 5.28. The van der Waals surface area contributed by atoms with E-state index in [4.69, 9.17) is 40.2 Å². The highest BCUT2D eigenvalue weighted by atomic mass is 35.5. The second-order valence-corrected chi connectivity index (χ2v) is 7.14. The van der Waals surface area contributed by atoms with Crippen LogP contribution in [0.2, 0.25) is 10.0 Å². The average Bonchev–Trinajstić information content (AvgIpc) is 2.67. The van der Waals surface area contributed by atoms with E-state index in [1.54, 1.807) is 18.3 Å². The topological polar surface area (TPSA) is 49.4 Å². The number of nitrogens with zero attached hydrogens (tertiary/aromatic N) is 2. The fourth-order valence-electron chi connectivity index (χ4n) is 2.86. The Bertz CT molecular complexity index is 741. The van der Waals surface area contributed by atoms with E-state index in [2.05, 4.69) is 26.6 Å². The van der Waals surface area contributed by atoms with Crippen LogP contribution in [-0.2, 0) is 4.74 Å². The van der Waals surface area contributed by atoms with Gasteiger partial charge in [-0.25, -0.2) is 0 Å². The molecule has 2 heterocycles. The Balaban J connectivity index is 1.63. The molecule has 1 aromatic carbocycles. The normalized spacial score (nSPS) is 16.1. The molecule has 1 aliphatic heterocycles. The summed E-state index contributed by atoms with van der Waals surface area (Å²) in [4.78, 5) is 6.64. The number of thiocarbonyl (C=S) groups is 1. The van der Waals surface area contributed by atoms with E-state index in [9.17, 15) is 0 Å². The van der Waals surface area contributed by atoms with Gasteiger partial charge in [0.15, 0.2) is 5.11 Å². The van der Waals surface area contributed by atoms with Crippen LogP contribution < -0.4 is 10.6 Å². The van der Waals surface area contributed by atoms with Crippen molar-refractivity contribution in [3.05, 3.63) is 58.3 Å². The van der Waals surface area contributed by atoms with Crippen LogP contribution in [0.1, 0.15) is 11.6 Å². The van der Waals surface area contributed by atoms with Crippen molar-refractivity contribution in [1.82, 2.24) is 15.2 Å². The maximum atomic E-state index is 6.05. The summed E-state index contributed by atoms with van der Waals surface area (Å²) in [7, 11) is 0. The van der Waals surface area contributed by atoms with Crippen LogP contribution in [0.25, 0.3) is 0 Å². The Kier molecular flexibility index (Phi) is 7.05. The summed E-state index contributed by atoms with van der Waals surface area (Å²) in [6, 6.07) is 9.53. The monoisotopic (exact) mass is 410 g/mol. The van der Waals surface area contributed by atoms with Crippen molar-refractivity contribution in [2.45, 2.75) is 6.04 Å².